The molecule has 1 aliphatic heterocycles. The van der Waals surface area contributed by atoms with Crippen molar-refractivity contribution in [3.8, 4) is 11.5 Å². The van der Waals surface area contributed by atoms with E-state index < -0.39 is 0 Å². The lowest BCUT2D eigenvalue weighted by molar-refractivity contribution is -0.116. The number of carbonyl (C=O) groups is 2. The van der Waals surface area contributed by atoms with Crippen molar-refractivity contribution in [1.82, 2.24) is 5.32 Å². The molecule has 2 amide bonds. The molecule has 2 N–H and O–H groups in total. The van der Waals surface area contributed by atoms with Crippen molar-refractivity contribution in [2.45, 2.75) is 12.8 Å². The summed E-state index contributed by atoms with van der Waals surface area (Å²) in [5.41, 5.74) is 1.19. The third-order valence-electron chi connectivity index (χ3n) is 3.80. The van der Waals surface area contributed by atoms with Crippen LogP contribution in [0.2, 0.25) is 5.02 Å². The Labute approximate surface area is 156 Å². The summed E-state index contributed by atoms with van der Waals surface area (Å²) in [5, 5.41) is 6.18. The van der Waals surface area contributed by atoms with Crippen molar-refractivity contribution in [1.29, 1.82) is 0 Å². The van der Waals surface area contributed by atoms with Gasteiger partial charge in [-0.05, 0) is 42.8 Å². The molecule has 0 spiro atoms. The van der Waals surface area contributed by atoms with Gasteiger partial charge in [-0.25, -0.2) is 0 Å². The van der Waals surface area contributed by atoms with E-state index in [9.17, 15) is 9.59 Å². The maximum absolute atomic E-state index is 12.0. The van der Waals surface area contributed by atoms with Crippen LogP contribution in [-0.2, 0) is 4.79 Å². The zero-order chi connectivity index (χ0) is 18.4. The maximum Gasteiger partial charge on any atom is 0.251 e. The van der Waals surface area contributed by atoms with Crippen LogP contribution < -0.4 is 20.1 Å². The summed E-state index contributed by atoms with van der Waals surface area (Å²) < 4.78 is 10.9. The molecule has 7 heteroatoms. The molecule has 26 heavy (non-hydrogen) atoms. The topological polar surface area (TPSA) is 76.7 Å². The van der Waals surface area contributed by atoms with E-state index in [0.717, 1.165) is 0 Å². The molecular formula is C19H19ClN2O4. The van der Waals surface area contributed by atoms with Crippen molar-refractivity contribution < 1.29 is 19.1 Å². The Hall–Kier alpha value is -2.73. The minimum absolute atomic E-state index is 0.123. The highest BCUT2D eigenvalue weighted by Crippen LogP contribution is 2.32. The van der Waals surface area contributed by atoms with Gasteiger partial charge in [-0.2, -0.15) is 0 Å². The molecular weight excluding hydrogens is 356 g/mol. The minimum atomic E-state index is -0.186. The van der Waals surface area contributed by atoms with E-state index in [2.05, 4.69) is 10.6 Å². The number of benzene rings is 2. The lowest BCUT2D eigenvalue weighted by atomic mass is 10.2. The van der Waals surface area contributed by atoms with Crippen LogP contribution in [0.4, 0.5) is 5.69 Å². The minimum Gasteiger partial charge on any atom is -0.486 e. The first kappa shape index (κ1) is 18.1. The van der Waals surface area contributed by atoms with Gasteiger partial charge in [-0.3, -0.25) is 9.59 Å². The highest BCUT2D eigenvalue weighted by atomic mass is 35.5. The van der Waals surface area contributed by atoms with Crippen molar-refractivity contribution in [2.75, 3.05) is 25.1 Å². The number of carbonyl (C=O) groups excluding carboxylic acids is 2. The number of anilines is 1. The van der Waals surface area contributed by atoms with Crippen LogP contribution in [0, 0.1) is 0 Å². The lowest BCUT2D eigenvalue weighted by Gasteiger charge is -2.19. The molecule has 0 aliphatic carbocycles. The van der Waals surface area contributed by atoms with E-state index in [0.29, 0.717) is 60.4 Å². The van der Waals surface area contributed by atoms with Gasteiger partial charge < -0.3 is 20.1 Å². The van der Waals surface area contributed by atoms with Gasteiger partial charge in [-0.15, -0.1) is 0 Å². The second kappa shape index (κ2) is 8.58. The Morgan fingerprint density at radius 2 is 1.73 bits per heavy atom. The van der Waals surface area contributed by atoms with Gasteiger partial charge >= 0.3 is 0 Å². The van der Waals surface area contributed by atoms with Crippen LogP contribution in [0.5, 0.6) is 11.5 Å². The Bertz CT molecular complexity index is 793. The Balaban J connectivity index is 1.40. The molecule has 136 valence electrons. The third-order valence-corrected chi connectivity index (χ3v) is 4.05. The van der Waals surface area contributed by atoms with Crippen LogP contribution in [0.3, 0.4) is 0 Å². The average Bonchev–Trinajstić information content (AvgIpc) is 2.65. The van der Waals surface area contributed by atoms with Crippen molar-refractivity contribution in [3.63, 3.8) is 0 Å². The molecule has 1 aliphatic rings. The van der Waals surface area contributed by atoms with E-state index in [4.69, 9.17) is 21.1 Å². The first-order chi connectivity index (χ1) is 12.6. The van der Waals surface area contributed by atoms with Crippen LogP contribution >= 0.6 is 11.6 Å². The van der Waals surface area contributed by atoms with Crippen molar-refractivity contribution in [2.24, 2.45) is 0 Å². The van der Waals surface area contributed by atoms with Crippen LogP contribution in [0.25, 0.3) is 0 Å². The fourth-order valence-corrected chi connectivity index (χ4v) is 2.62. The SMILES string of the molecule is O=C(CCCNC(=O)c1ccc(Cl)cc1)Nc1ccc2c(c1)OCCO2. The smallest absolute Gasteiger partial charge is 0.251 e. The van der Waals surface area contributed by atoms with Gasteiger partial charge in [0.15, 0.2) is 11.5 Å². The van der Waals surface area contributed by atoms with Gasteiger partial charge in [0.25, 0.3) is 5.91 Å². The molecule has 1 heterocycles. The Kier molecular flexibility index (Phi) is 5.96. The van der Waals surface area contributed by atoms with Crippen LogP contribution in [0.1, 0.15) is 23.2 Å². The van der Waals surface area contributed by atoms with E-state index >= 15 is 0 Å². The summed E-state index contributed by atoms with van der Waals surface area (Å²) in [7, 11) is 0. The molecule has 0 unspecified atom stereocenters. The van der Waals surface area contributed by atoms with Crippen LogP contribution in [-0.4, -0.2) is 31.6 Å². The third kappa shape index (κ3) is 4.89. The second-order valence-corrected chi connectivity index (χ2v) is 6.21. The molecule has 0 saturated carbocycles. The van der Waals surface area contributed by atoms with E-state index in [-0.39, 0.29) is 11.8 Å². The van der Waals surface area contributed by atoms with Gasteiger partial charge in [0, 0.05) is 35.3 Å². The molecule has 0 aromatic heterocycles. The van der Waals surface area contributed by atoms with Gasteiger partial charge in [0.05, 0.1) is 0 Å². The predicted octanol–water partition coefficient (Wildman–Crippen LogP) is 3.26. The summed E-state index contributed by atoms with van der Waals surface area (Å²) in [5.74, 6) is 1.000. The molecule has 0 fully saturated rings. The largest absolute Gasteiger partial charge is 0.486 e. The summed E-state index contributed by atoms with van der Waals surface area (Å²) in [4.78, 5) is 24.0. The summed E-state index contributed by atoms with van der Waals surface area (Å²) in [6, 6.07) is 11.9. The van der Waals surface area contributed by atoms with Gasteiger partial charge in [0.1, 0.15) is 13.2 Å². The molecule has 2 aromatic carbocycles. The molecule has 6 nitrogen and oxygen atoms in total. The number of hydrogen-bond acceptors (Lipinski definition) is 4. The number of amides is 2. The number of ether oxygens (including phenoxy) is 2. The van der Waals surface area contributed by atoms with Gasteiger partial charge in [-0.1, -0.05) is 11.6 Å². The first-order valence-corrected chi connectivity index (χ1v) is 8.73. The molecule has 0 atom stereocenters. The van der Waals surface area contributed by atoms with Crippen molar-refractivity contribution in [3.05, 3.63) is 53.1 Å². The fraction of sp³-hybridized carbons (Fsp3) is 0.263. The Morgan fingerprint density at radius 1 is 1.00 bits per heavy atom. The number of hydrogen-bond donors (Lipinski definition) is 2. The van der Waals surface area contributed by atoms with Gasteiger partial charge in [0.2, 0.25) is 5.91 Å². The number of fused-ring (bicyclic) bond motifs is 1. The lowest BCUT2D eigenvalue weighted by Crippen LogP contribution is -2.25. The van der Waals surface area contributed by atoms with E-state index in [1.165, 1.54) is 0 Å². The number of nitrogens with one attached hydrogen (secondary N) is 2. The number of rotatable bonds is 6. The monoisotopic (exact) mass is 374 g/mol. The van der Waals surface area contributed by atoms with Crippen LogP contribution in [0.15, 0.2) is 42.5 Å². The Morgan fingerprint density at radius 3 is 2.50 bits per heavy atom. The molecule has 0 saturated heterocycles. The number of halogens is 1. The highest BCUT2D eigenvalue weighted by molar-refractivity contribution is 6.30. The quantitative estimate of drug-likeness (QED) is 0.761. The molecule has 3 rings (SSSR count). The summed E-state index contributed by atoms with van der Waals surface area (Å²) in [6.45, 7) is 1.44. The predicted molar refractivity (Wildman–Crippen MR) is 99.1 cm³/mol. The summed E-state index contributed by atoms with van der Waals surface area (Å²) in [6.07, 6.45) is 0.838. The fourth-order valence-electron chi connectivity index (χ4n) is 2.50. The molecule has 0 bridgehead atoms. The van der Waals surface area contributed by atoms with E-state index in [1.54, 1.807) is 42.5 Å². The first-order valence-electron chi connectivity index (χ1n) is 8.35. The summed E-state index contributed by atoms with van der Waals surface area (Å²) >= 11 is 5.79. The zero-order valence-corrected chi connectivity index (χ0v) is 14.8. The zero-order valence-electron chi connectivity index (χ0n) is 14.1. The average molecular weight is 375 g/mol. The standard InChI is InChI=1S/C19H19ClN2O4/c20-14-5-3-13(4-6-14)19(24)21-9-1-2-18(23)22-15-7-8-16-17(12-15)26-11-10-25-16/h3-8,12H,1-2,9-11H2,(H,21,24)(H,22,23). The molecule has 2 aromatic rings. The highest BCUT2D eigenvalue weighted by Gasteiger charge is 2.13. The molecule has 0 radical (unpaired) electrons. The van der Waals surface area contributed by atoms with Crippen molar-refractivity contribution >= 4 is 29.1 Å². The maximum atomic E-state index is 12.0. The van der Waals surface area contributed by atoms with E-state index in [1.807, 2.05) is 0 Å². The normalized spacial score (nSPS) is 12.3. The second-order valence-electron chi connectivity index (χ2n) is 5.77.